The first kappa shape index (κ1) is 18.0. The normalized spacial score (nSPS) is 18.0. The van der Waals surface area contributed by atoms with Crippen molar-refractivity contribution < 1.29 is 4.39 Å². The SMILES string of the molecule is CC.CC1(CCC#N)CNc2cc(Cc3ccc(F)cc3)ccc21. The number of hydrogen-bond acceptors (Lipinski definition) is 2. The molecule has 0 fully saturated rings. The summed E-state index contributed by atoms with van der Waals surface area (Å²) in [4.78, 5) is 0. The lowest BCUT2D eigenvalue weighted by atomic mass is 9.80. The molecule has 3 rings (SSSR count). The van der Waals surface area contributed by atoms with Crippen LogP contribution in [0, 0.1) is 17.1 Å². The Bertz CT molecular complexity index is 716. The summed E-state index contributed by atoms with van der Waals surface area (Å²) in [6.45, 7) is 7.09. The quantitative estimate of drug-likeness (QED) is 0.814. The van der Waals surface area contributed by atoms with Gasteiger partial charge in [-0.1, -0.05) is 45.0 Å². The van der Waals surface area contributed by atoms with E-state index in [0.717, 1.165) is 24.9 Å². The van der Waals surface area contributed by atoms with Crippen molar-refractivity contribution in [1.29, 1.82) is 5.26 Å². The molecule has 1 unspecified atom stereocenters. The van der Waals surface area contributed by atoms with Gasteiger partial charge in [-0.15, -0.1) is 0 Å². The van der Waals surface area contributed by atoms with Crippen molar-refractivity contribution in [2.75, 3.05) is 11.9 Å². The molecule has 24 heavy (non-hydrogen) atoms. The Morgan fingerprint density at radius 1 is 1.12 bits per heavy atom. The summed E-state index contributed by atoms with van der Waals surface area (Å²) in [5.41, 5.74) is 4.82. The highest BCUT2D eigenvalue weighted by Crippen LogP contribution is 2.40. The predicted octanol–water partition coefficient (Wildman–Crippen LogP) is 5.43. The van der Waals surface area contributed by atoms with Crippen LogP contribution in [0.1, 0.15) is 50.3 Å². The molecule has 2 aromatic carbocycles. The number of rotatable bonds is 4. The highest BCUT2D eigenvalue weighted by atomic mass is 19.1. The minimum absolute atomic E-state index is 0.0411. The van der Waals surface area contributed by atoms with E-state index in [2.05, 4.69) is 36.5 Å². The number of fused-ring (bicyclic) bond motifs is 1. The van der Waals surface area contributed by atoms with Crippen LogP contribution in [0.5, 0.6) is 0 Å². The fourth-order valence-electron chi connectivity index (χ4n) is 3.15. The average molecular weight is 324 g/mol. The predicted molar refractivity (Wildman–Crippen MR) is 97.7 cm³/mol. The molecule has 0 bridgehead atoms. The van der Waals surface area contributed by atoms with E-state index in [4.69, 9.17) is 5.26 Å². The third-order valence-corrected chi connectivity index (χ3v) is 4.51. The summed E-state index contributed by atoms with van der Waals surface area (Å²) < 4.78 is 13.0. The topological polar surface area (TPSA) is 35.8 Å². The van der Waals surface area contributed by atoms with Gasteiger partial charge in [0.2, 0.25) is 0 Å². The van der Waals surface area contributed by atoms with E-state index in [1.54, 1.807) is 0 Å². The van der Waals surface area contributed by atoms with Gasteiger partial charge in [-0.2, -0.15) is 5.26 Å². The molecular weight excluding hydrogens is 299 g/mol. The Kier molecular flexibility index (Phi) is 5.98. The van der Waals surface area contributed by atoms with Gasteiger partial charge in [0.1, 0.15) is 5.82 Å². The van der Waals surface area contributed by atoms with Crippen LogP contribution >= 0.6 is 0 Å². The number of anilines is 1. The van der Waals surface area contributed by atoms with Crippen LogP contribution in [-0.4, -0.2) is 6.54 Å². The van der Waals surface area contributed by atoms with Gasteiger partial charge in [0.15, 0.2) is 0 Å². The van der Waals surface area contributed by atoms with Gasteiger partial charge in [0.05, 0.1) is 6.07 Å². The molecule has 0 aliphatic carbocycles. The zero-order chi connectivity index (χ0) is 17.6. The third kappa shape index (κ3) is 3.94. The lowest BCUT2D eigenvalue weighted by Gasteiger charge is -2.22. The van der Waals surface area contributed by atoms with Crippen LogP contribution < -0.4 is 5.32 Å². The summed E-state index contributed by atoms with van der Waals surface area (Å²) >= 11 is 0. The van der Waals surface area contributed by atoms with E-state index in [9.17, 15) is 4.39 Å². The maximum Gasteiger partial charge on any atom is 0.123 e. The van der Waals surface area contributed by atoms with Gasteiger partial charge in [-0.3, -0.25) is 0 Å². The van der Waals surface area contributed by atoms with Gasteiger partial charge < -0.3 is 5.32 Å². The molecule has 1 aliphatic heterocycles. The van der Waals surface area contributed by atoms with E-state index in [1.807, 2.05) is 26.0 Å². The van der Waals surface area contributed by atoms with Gasteiger partial charge in [0.25, 0.3) is 0 Å². The van der Waals surface area contributed by atoms with Crippen molar-refractivity contribution in [1.82, 2.24) is 0 Å². The van der Waals surface area contributed by atoms with E-state index in [0.29, 0.717) is 6.42 Å². The maximum absolute atomic E-state index is 13.0. The van der Waals surface area contributed by atoms with Crippen molar-refractivity contribution in [2.24, 2.45) is 0 Å². The van der Waals surface area contributed by atoms with E-state index < -0.39 is 0 Å². The molecule has 2 aromatic rings. The molecule has 3 heteroatoms. The molecule has 0 aromatic heterocycles. The Morgan fingerprint density at radius 3 is 2.46 bits per heavy atom. The van der Waals surface area contributed by atoms with E-state index in [1.165, 1.54) is 28.9 Å². The zero-order valence-electron chi connectivity index (χ0n) is 14.7. The van der Waals surface area contributed by atoms with E-state index in [-0.39, 0.29) is 11.2 Å². The first-order valence-corrected chi connectivity index (χ1v) is 8.59. The van der Waals surface area contributed by atoms with Crippen LogP contribution in [-0.2, 0) is 11.8 Å². The molecule has 1 aliphatic rings. The third-order valence-electron chi connectivity index (χ3n) is 4.51. The Hall–Kier alpha value is -2.34. The number of nitrogens with one attached hydrogen (secondary N) is 1. The maximum atomic E-state index is 13.0. The lowest BCUT2D eigenvalue weighted by molar-refractivity contribution is 0.485. The Morgan fingerprint density at radius 2 is 1.79 bits per heavy atom. The van der Waals surface area contributed by atoms with Crippen molar-refractivity contribution >= 4 is 5.69 Å². The first-order valence-electron chi connectivity index (χ1n) is 8.59. The van der Waals surface area contributed by atoms with Crippen LogP contribution in [0.4, 0.5) is 10.1 Å². The molecule has 0 amide bonds. The summed E-state index contributed by atoms with van der Waals surface area (Å²) in [6.07, 6.45) is 2.25. The first-order chi connectivity index (χ1) is 11.6. The molecule has 0 spiro atoms. The van der Waals surface area contributed by atoms with Crippen LogP contribution in [0.3, 0.4) is 0 Å². The Labute approximate surface area is 144 Å². The van der Waals surface area contributed by atoms with Crippen LogP contribution in [0.25, 0.3) is 0 Å². The molecule has 2 nitrogen and oxygen atoms in total. The minimum Gasteiger partial charge on any atom is -0.384 e. The van der Waals surface area contributed by atoms with Gasteiger partial charge in [-0.05, 0) is 47.7 Å². The Balaban J connectivity index is 0.00000100. The molecule has 1 N–H and O–H groups in total. The summed E-state index contributed by atoms with van der Waals surface area (Å²) in [5, 5.41) is 12.3. The van der Waals surface area contributed by atoms with E-state index >= 15 is 0 Å². The largest absolute Gasteiger partial charge is 0.384 e. The minimum atomic E-state index is -0.201. The number of benzene rings is 2. The number of nitrogens with zero attached hydrogens (tertiary/aromatic N) is 1. The van der Waals surface area contributed by atoms with Crippen molar-refractivity contribution in [3.05, 3.63) is 65.0 Å². The fourth-order valence-corrected chi connectivity index (χ4v) is 3.15. The molecule has 0 saturated heterocycles. The summed E-state index contributed by atoms with van der Waals surface area (Å²) in [5.74, 6) is -0.201. The molecule has 1 atom stereocenters. The summed E-state index contributed by atoms with van der Waals surface area (Å²) in [6, 6.07) is 15.4. The monoisotopic (exact) mass is 324 g/mol. The van der Waals surface area contributed by atoms with Gasteiger partial charge in [-0.25, -0.2) is 4.39 Å². The molecule has 1 heterocycles. The number of hydrogen-bond donors (Lipinski definition) is 1. The highest BCUT2D eigenvalue weighted by molar-refractivity contribution is 5.61. The average Bonchev–Trinajstić information content (AvgIpc) is 2.94. The molecular formula is C21H25FN2. The smallest absolute Gasteiger partial charge is 0.123 e. The molecule has 126 valence electrons. The van der Waals surface area contributed by atoms with Crippen molar-refractivity contribution in [2.45, 2.75) is 45.4 Å². The number of halogens is 1. The number of nitriles is 1. The highest BCUT2D eigenvalue weighted by Gasteiger charge is 2.33. The second-order valence-corrected chi connectivity index (χ2v) is 6.26. The van der Waals surface area contributed by atoms with Gasteiger partial charge in [0, 0.05) is 24.1 Å². The van der Waals surface area contributed by atoms with Crippen molar-refractivity contribution in [3.8, 4) is 6.07 Å². The second kappa shape index (κ2) is 7.97. The zero-order valence-corrected chi connectivity index (χ0v) is 14.7. The molecule has 0 radical (unpaired) electrons. The van der Waals surface area contributed by atoms with Crippen LogP contribution in [0.2, 0.25) is 0 Å². The standard InChI is InChI=1S/C19H19FN2.C2H6/c1-19(9-2-10-21)13-22-18-12-15(5-8-17(18)19)11-14-3-6-16(20)7-4-14;1-2/h3-8,12,22H,2,9,11,13H2,1H3;1-2H3. The lowest BCUT2D eigenvalue weighted by Crippen LogP contribution is -2.23. The summed E-state index contributed by atoms with van der Waals surface area (Å²) in [7, 11) is 0. The van der Waals surface area contributed by atoms with Crippen molar-refractivity contribution in [3.63, 3.8) is 0 Å². The van der Waals surface area contributed by atoms with Gasteiger partial charge >= 0.3 is 0 Å². The molecule has 0 saturated carbocycles. The fraction of sp³-hybridized carbons (Fsp3) is 0.381. The second-order valence-electron chi connectivity index (χ2n) is 6.26. The van der Waals surface area contributed by atoms with Crippen LogP contribution in [0.15, 0.2) is 42.5 Å².